The molecule has 5 nitrogen and oxygen atoms in total. The summed E-state index contributed by atoms with van der Waals surface area (Å²) in [6.07, 6.45) is 0. The van der Waals surface area contributed by atoms with E-state index in [1.54, 1.807) is 12.1 Å². The molecule has 3 aromatic rings. The SMILES string of the molecule is COc1ccc(CN2CCN(Cc3noc4ccccc34)CC2)cc1F. The number of benzene rings is 2. The third kappa shape index (κ3) is 3.57. The van der Waals surface area contributed by atoms with Crippen molar-refractivity contribution in [2.45, 2.75) is 13.1 Å². The van der Waals surface area contributed by atoms with Gasteiger partial charge in [-0.1, -0.05) is 23.4 Å². The molecule has 136 valence electrons. The van der Waals surface area contributed by atoms with Gasteiger partial charge in [0, 0.05) is 44.7 Å². The van der Waals surface area contributed by atoms with E-state index < -0.39 is 0 Å². The molecule has 1 aliphatic heterocycles. The molecule has 0 atom stereocenters. The molecule has 0 aliphatic carbocycles. The minimum Gasteiger partial charge on any atom is -0.494 e. The summed E-state index contributed by atoms with van der Waals surface area (Å²) in [4.78, 5) is 4.73. The Balaban J connectivity index is 1.33. The second-order valence-corrected chi connectivity index (χ2v) is 6.65. The van der Waals surface area contributed by atoms with Gasteiger partial charge in [0.15, 0.2) is 17.1 Å². The molecular formula is C20H22FN3O2. The highest BCUT2D eigenvalue weighted by atomic mass is 19.1. The summed E-state index contributed by atoms with van der Waals surface area (Å²) in [7, 11) is 1.48. The average molecular weight is 355 g/mol. The molecule has 1 saturated heterocycles. The number of para-hydroxylation sites is 1. The number of nitrogens with zero attached hydrogens (tertiary/aromatic N) is 3. The van der Waals surface area contributed by atoms with Crippen molar-refractivity contribution in [3.05, 3.63) is 59.5 Å². The molecule has 0 N–H and O–H groups in total. The van der Waals surface area contributed by atoms with Crippen molar-refractivity contribution in [1.82, 2.24) is 15.0 Å². The molecule has 2 heterocycles. The van der Waals surface area contributed by atoms with Gasteiger partial charge in [-0.3, -0.25) is 9.80 Å². The number of hydrogen-bond acceptors (Lipinski definition) is 5. The minimum absolute atomic E-state index is 0.290. The van der Waals surface area contributed by atoms with Crippen LogP contribution in [-0.4, -0.2) is 48.2 Å². The summed E-state index contributed by atoms with van der Waals surface area (Å²) in [6, 6.07) is 13.1. The van der Waals surface area contributed by atoms with E-state index in [0.717, 1.165) is 61.5 Å². The molecule has 26 heavy (non-hydrogen) atoms. The Morgan fingerprint density at radius 1 is 1.04 bits per heavy atom. The fourth-order valence-corrected chi connectivity index (χ4v) is 3.44. The highest BCUT2D eigenvalue weighted by Crippen LogP contribution is 2.21. The average Bonchev–Trinajstić information content (AvgIpc) is 3.07. The largest absolute Gasteiger partial charge is 0.494 e. The van der Waals surface area contributed by atoms with E-state index >= 15 is 0 Å². The molecule has 0 spiro atoms. The third-order valence-electron chi connectivity index (χ3n) is 4.91. The molecule has 2 aromatic carbocycles. The Labute approximate surface area is 151 Å². The van der Waals surface area contributed by atoms with Crippen LogP contribution in [-0.2, 0) is 13.1 Å². The highest BCUT2D eigenvalue weighted by Gasteiger charge is 2.19. The molecule has 1 aromatic heterocycles. The summed E-state index contributed by atoms with van der Waals surface area (Å²) in [5.74, 6) is -0.0139. The molecule has 0 amide bonds. The molecule has 4 rings (SSSR count). The summed E-state index contributed by atoms with van der Waals surface area (Å²) >= 11 is 0. The van der Waals surface area contributed by atoms with Gasteiger partial charge in [0.05, 0.1) is 7.11 Å². The van der Waals surface area contributed by atoms with Crippen molar-refractivity contribution in [3.8, 4) is 5.75 Å². The van der Waals surface area contributed by atoms with Crippen molar-refractivity contribution in [1.29, 1.82) is 0 Å². The number of rotatable bonds is 5. The lowest BCUT2D eigenvalue weighted by atomic mass is 10.1. The standard InChI is InChI=1S/C20H22FN3O2/c1-25-20-7-6-15(12-17(20)21)13-23-8-10-24(11-9-23)14-18-16-4-2-3-5-19(16)26-22-18/h2-7,12H,8-11,13-14H2,1H3. The lowest BCUT2D eigenvalue weighted by Gasteiger charge is -2.34. The highest BCUT2D eigenvalue weighted by molar-refractivity contribution is 5.79. The molecule has 1 aliphatic rings. The van der Waals surface area contributed by atoms with Crippen molar-refractivity contribution >= 4 is 11.0 Å². The van der Waals surface area contributed by atoms with E-state index in [1.807, 2.05) is 24.3 Å². The van der Waals surface area contributed by atoms with Gasteiger partial charge in [-0.15, -0.1) is 0 Å². The molecule has 0 unspecified atom stereocenters. The van der Waals surface area contributed by atoms with Crippen molar-refractivity contribution in [2.24, 2.45) is 0 Å². The quantitative estimate of drug-likeness (QED) is 0.702. The van der Waals surface area contributed by atoms with Gasteiger partial charge in [0.2, 0.25) is 0 Å². The monoisotopic (exact) mass is 355 g/mol. The maximum absolute atomic E-state index is 13.8. The lowest BCUT2D eigenvalue weighted by Crippen LogP contribution is -2.45. The molecule has 6 heteroatoms. The van der Waals surface area contributed by atoms with Gasteiger partial charge in [-0.05, 0) is 29.8 Å². The van der Waals surface area contributed by atoms with Crippen molar-refractivity contribution in [2.75, 3.05) is 33.3 Å². The first-order valence-corrected chi connectivity index (χ1v) is 8.83. The van der Waals surface area contributed by atoms with Crippen LogP contribution in [0.25, 0.3) is 11.0 Å². The number of ether oxygens (including phenoxy) is 1. The Hall–Kier alpha value is -2.44. The van der Waals surface area contributed by atoms with Gasteiger partial charge in [0.1, 0.15) is 5.69 Å². The van der Waals surface area contributed by atoms with E-state index in [4.69, 9.17) is 9.26 Å². The van der Waals surface area contributed by atoms with Crippen LogP contribution in [0, 0.1) is 5.82 Å². The molecular weight excluding hydrogens is 333 g/mol. The Morgan fingerprint density at radius 2 is 1.77 bits per heavy atom. The first kappa shape index (κ1) is 17.0. The van der Waals surface area contributed by atoms with Gasteiger partial charge in [0.25, 0.3) is 0 Å². The predicted molar refractivity (Wildman–Crippen MR) is 97.5 cm³/mol. The van der Waals surface area contributed by atoms with Crippen LogP contribution < -0.4 is 4.74 Å². The van der Waals surface area contributed by atoms with Crippen LogP contribution >= 0.6 is 0 Å². The van der Waals surface area contributed by atoms with E-state index in [-0.39, 0.29) is 5.82 Å². The first-order chi connectivity index (χ1) is 12.7. The second-order valence-electron chi connectivity index (χ2n) is 6.65. The van der Waals surface area contributed by atoms with Crippen molar-refractivity contribution < 1.29 is 13.7 Å². The summed E-state index contributed by atoms with van der Waals surface area (Å²) in [5, 5.41) is 5.31. The number of piperazine rings is 1. The number of halogens is 1. The lowest BCUT2D eigenvalue weighted by molar-refractivity contribution is 0.120. The van der Waals surface area contributed by atoms with Crippen molar-refractivity contribution in [3.63, 3.8) is 0 Å². The zero-order chi connectivity index (χ0) is 17.9. The van der Waals surface area contributed by atoms with Crippen LogP contribution in [0.4, 0.5) is 4.39 Å². The van der Waals surface area contributed by atoms with E-state index in [9.17, 15) is 4.39 Å². The molecule has 0 radical (unpaired) electrons. The van der Waals surface area contributed by atoms with Crippen LogP contribution in [0.15, 0.2) is 47.0 Å². The van der Waals surface area contributed by atoms with E-state index in [2.05, 4.69) is 21.0 Å². The van der Waals surface area contributed by atoms with Gasteiger partial charge < -0.3 is 9.26 Å². The molecule has 0 saturated carbocycles. The first-order valence-electron chi connectivity index (χ1n) is 8.83. The number of fused-ring (bicyclic) bond motifs is 1. The number of aromatic nitrogens is 1. The zero-order valence-corrected chi connectivity index (χ0v) is 14.8. The molecule has 0 bridgehead atoms. The van der Waals surface area contributed by atoms with Crippen LogP contribution in [0.1, 0.15) is 11.3 Å². The Kier molecular flexibility index (Phi) is 4.86. The molecule has 1 fully saturated rings. The number of hydrogen-bond donors (Lipinski definition) is 0. The minimum atomic E-state index is -0.304. The third-order valence-corrected chi connectivity index (χ3v) is 4.91. The maximum atomic E-state index is 13.8. The fraction of sp³-hybridized carbons (Fsp3) is 0.350. The van der Waals surface area contributed by atoms with Gasteiger partial charge in [-0.2, -0.15) is 0 Å². The normalized spacial score (nSPS) is 16.2. The van der Waals surface area contributed by atoms with Gasteiger partial charge >= 0.3 is 0 Å². The van der Waals surface area contributed by atoms with E-state index in [0.29, 0.717) is 5.75 Å². The Bertz CT molecular complexity index is 888. The number of methoxy groups -OCH3 is 1. The smallest absolute Gasteiger partial charge is 0.167 e. The predicted octanol–water partition coefficient (Wildman–Crippen LogP) is 3.29. The van der Waals surface area contributed by atoms with Gasteiger partial charge in [-0.25, -0.2) is 4.39 Å². The zero-order valence-electron chi connectivity index (χ0n) is 14.8. The van der Waals surface area contributed by atoms with Crippen LogP contribution in [0.3, 0.4) is 0 Å². The van der Waals surface area contributed by atoms with Crippen LogP contribution in [0.2, 0.25) is 0 Å². The Morgan fingerprint density at radius 3 is 2.50 bits per heavy atom. The fourth-order valence-electron chi connectivity index (χ4n) is 3.44. The van der Waals surface area contributed by atoms with E-state index in [1.165, 1.54) is 7.11 Å². The van der Waals surface area contributed by atoms with Crippen LogP contribution in [0.5, 0.6) is 5.75 Å². The second kappa shape index (κ2) is 7.43. The maximum Gasteiger partial charge on any atom is 0.167 e. The summed E-state index contributed by atoms with van der Waals surface area (Å²) in [6.45, 7) is 5.36. The summed E-state index contributed by atoms with van der Waals surface area (Å²) < 4.78 is 24.2. The topological polar surface area (TPSA) is 41.7 Å². The summed E-state index contributed by atoms with van der Waals surface area (Å²) in [5.41, 5.74) is 2.80.